The normalized spacial score (nSPS) is 11.3. The van der Waals surface area contributed by atoms with Crippen molar-refractivity contribution in [2.45, 2.75) is 12.6 Å². The molecule has 0 atom stereocenters. The Morgan fingerprint density at radius 2 is 1.72 bits per heavy atom. The number of rotatable bonds is 5. The first kappa shape index (κ1) is 18.2. The molecule has 2 N–H and O–H groups in total. The Labute approximate surface area is 141 Å². The Hall–Kier alpha value is -3.16. The van der Waals surface area contributed by atoms with Gasteiger partial charge in [-0.15, -0.1) is 0 Å². The van der Waals surface area contributed by atoms with Gasteiger partial charge >= 0.3 is 6.18 Å². The largest absolute Gasteiger partial charge is 0.416 e. The van der Waals surface area contributed by atoms with Gasteiger partial charge in [0, 0.05) is 5.69 Å². The number of nitrogens with one attached hydrogen (secondary N) is 2. The first-order valence-electron chi connectivity index (χ1n) is 7.18. The average Bonchev–Trinajstić information content (AvgIpc) is 2.55. The molecule has 0 aliphatic heterocycles. The molecule has 2 amide bonds. The van der Waals surface area contributed by atoms with Crippen LogP contribution in [0.1, 0.15) is 17.5 Å². The maximum atomic E-state index is 12.6. The van der Waals surface area contributed by atoms with Gasteiger partial charge in [-0.1, -0.05) is 36.4 Å². The topological polar surface area (TPSA) is 70.6 Å². The number of benzene rings is 2. The minimum absolute atomic E-state index is 0.0413. The maximum Gasteiger partial charge on any atom is 0.416 e. The van der Waals surface area contributed by atoms with Gasteiger partial charge in [0.25, 0.3) is 0 Å². The van der Waals surface area contributed by atoms with Crippen molar-refractivity contribution >= 4 is 23.7 Å². The first-order valence-corrected chi connectivity index (χ1v) is 7.18. The Kier molecular flexibility index (Phi) is 5.89. The lowest BCUT2D eigenvalue weighted by Gasteiger charge is -2.09. The van der Waals surface area contributed by atoms with E-state index in [4.69, 9.17) is 0 Å². The van der Waals surface area contributed by atoms with Crippen LogP contribution in [0, 0.1) is 0 Å². The fourth-order valence-electron chi connectivity index (χ4n) is 1.88. The van der Waals surface area contributed by atoms with E-state index < -0.39 is 30.0 Å². The molecule has 130 valence electrons. The van der Waals surface area contributed by atoms with Crippen molar-refractivity contribution in [2.75, 3.05) is 5.32 Å². The molecular weight excluding hydrogens is 335 g/mol. The zero-order valence-corrected chi connectivity index (χ0v) is 12.9. The van der Waals surface area contributed by atoms with Crippen LogP contribution in [0.3, 0.4) is 0 Å². The zero-order valence-electron chi connectivity index (χ0n) is 12.9. The van der Waals surface area contributed by atoms with Gasteiger partial charge in [0.2, 0.25) is 11.8 Å². The van der Waals surface area contributed by atoms with Gasteiger partial charge < -0.3 is 5.32 Å². The highest BCUT2D eigenvalue weighted by Gasteiger charge is 2.30. The van der Waals surface area contributed by atoms with Gasteiger partial charge in [0.05, 0.1) is 11.8 Å². The fourth-order valence-corrected chi connectivity index (χ4v) is 1.88. The number of hydrogen-bond acceptors (Lipinski definition) is 3. The number of amides is 2. The lowest BCUT2D eigenvalue weighted by molar-refractivity contribution is -0.137. The molecule has 0 saturated carbocycles. The van der Waals surface area contributed by atoms with Crippen LogP contribution in [0.15, 0.2) is 59.7 Å². The molecule has 2 aromatic carbocycles. The molecule has 0 spiro atoms. The molecule has 0 aliphatic carbocycles. The number of hydrogen-bond donors (Lipinski definition) is 2. The van der Waals surface area contributed by atoms with Crippen LogP contribution in [-0.2, 0) is 15.8 Å². The lowest BCUT2D eigenvalue weighted by atomic mass is 10.2. The van der Waals surface area contributed by atoms with E-state index >= 15 is 0 Å². The third-order valence-electron chi connectivity index (χ3n) is 3.00. The molecule has 0 saturated heterocycles. The van der Waals surface area contributed by atoms with Crippen molar-refractivity contribution in [3.63, 3.8) is 0 Å². The molecule has 8 heteroatoms. The van der Waals surface area contributed by atoms with Crippen LogP contribution in [0.2, 0.25) is 0 Å². The highest BCUT2D eigenvalue weighted by Crippen LogP contribution is 2.30. The number of anilines is 1. The van der Waals surface area contributed by atoms with Gasteiger partial charge in [-0.05, 0) is 23.8 Å². The second-order valence-corrected chi connectivity index (χ2v) is 5.01. The van der Waals surface area contributed by atoms with E-state index in [-0.39, 0.29) is 5.69 Å². The molecule has 0 bridgehead atoms. The van der Waals surface area contributed by atoms with Gasteiger partial charge in [0.15, 0.2) is 0 Å². The zero-order chi connectivity index (χ0) is 18.3. The molecule has 2 rings (SSSR count). The van der Waals surface area contributed by atoms with Gasteiger partial charge in [-0.3, -0.25) is 9.59 Å². The molecule has 25 heavy (non-hydrogen) atoms. The Morgan fingerprint density at radius 1 is 1.00 bits per heavy atom. The summed E-state index contributed by atoms with van der Waals surface area (Å²) < 4.78 is 37.8. The third kappa shape index (κ3) is 6.09. The summed E-state index contributed by atoms with van der Waals surface area (Å²) in [5.74, 6) is -1.43. The minimum atomic E-state index is -4.51. The summed E-state index contributed by atoms with van der Waals surface area (Å²) in [5, 5.41) is 5.94. The van der Waals surface area contributed by atoms with E-state index in [1.807, 2.05) is 6.07 Å². The third-order valence-corrected chi connectivity index (χ3v) is 3.00. The fraction of sp³-hybridized carbons (Fsp3) is 0.118. The summed E-state index contributed by atoms with van der Waals surface area (Å²) in [4.78, 5) is 23.3. The maximum absolute atomic E-state index is 12.6. The molecule has 5 nitrogen and oxygen atoms in total. The van der Waals surface area contributed by atoms with E-state index in [1.165, 1.54) is 18.3 Å². The summed E-state index contributed by atoms with van der Waals surface area (Å²) in [5.41, 5.74) is 2.01. The number of alkyl halides is 3. The molecule has 0 radical (unpaired) electrons. The van der Waals surface area contributed by atoms with Gasteiger partial charge in [-0.2, -0.15) is 18.3 Å². The number of hydrazone groups is 1. The summed E-state index contributed by atoms with van der Waals surface area (Å²) in [7, 11) is 0. The second kappa shape index (κ2) is 8.09. The van der Waals surface area contributed by atoms with Crippen LogP contribution in [0.4, 0.5) is 18.9 Å². The van der Waals surface area contributed by atoms with Crippen LogP contribution in [-0.4, -0.2) is 18.0 Å². The Balaban J connectivity index is 1.85. The smallest absolute Gasteiger partial charge is 0.326 e. The van der Waals surface area contributed by atoms with Crippen molar-refractivity contribution in [1.82, 2.24) is 5.43 Å². The number of carbonyl (C=O) groups is 2. The average molecular weight is 349 g/mol. The summed E-state index contributed by atoms with van der Waals surface area (Å²) in [6.07, 6.45) is -3.67. The monoisotopic (exact) mass is 349 g/mol. The van der Waals surface area contributed by atoms with E-state index in [1.54, 1.807) is 24.3 Å². The van der Waals surface area contributed by atoms with Crippen LogP contribution in [0.5, 0.6) is 0 Å². The van der Waals surface area contributed by atoms with Crippen LogP contribution < -0.4 is 10.7 Å². The van der Waals surface area contributed by atoms with Crippen molar-refractivity contribution < 1.29 is 22.8 Å². The van der Waals surface area contributed by atoms with Gasteiger partial charge in [-0.25, -0.2) is 5.43 Å². The van der Waals surface area contributed by atoms with Crippen molar-refractivity contribution in [3.05, 3.63) is 65.7 Å². The van der Waals surface area contributed by atoms with E-state index in [2.05, 4.69) is 15.8 Å². The first-order chi connectivity index (χ1) is 11.8. The SMILES string of the molecule is O=C(CC(=O)Nc1cccc(C(F)(F)F)c1)NN=Cc1ccccc1. The number of nitrogens with zero attached hydrogens (tertiary/aromatic N) is 1. The van der Waals surface area contributed by atoms with Crippen LogP contribution in [0.25, 0.3) is 0 Å². The predicted octanol–water partition coefficient (Wildman–Crippen LogP) is 3.18. The summed E-state index contributed by atoms with van der Waals surface area (Å²) >= 11 is 0. The summed E-state index contributed by atoms with van der Waals surface area (Å²) in [6.45, 7) is 0. The number of carbonyl (C=O) groups excluding carboxylic acids is 2. The molecule has 0 aliphatic rings. The van der Waals surface area contributed by atoms with Gasteiger partial charge in [0.1, 0.15) is 6.42 Å². The van der Waals surface area contributed by atoms with Crippen molar-refractivity contribution in [1.29, 1.82) is 0 Å². The molecule has 0 fully saturated rings. The second-order valence-electron chi connectivity index (χ2n) is 5.01. The molecule has 0 aromatic heterocycles. The van der Waals surface area contributed by atoms with Crippen molar-refractivity contribution in [3.8, 4) is 0 Å². The minimum Gasteiger partial charge on any atom is -0.326 e. The highest BCUT2D eigenvalue weighted by atomic mass is 19.4. The summed E-state index contributed by atoms with van der Waals surface area (Å²) in [6, 6.07) is 13.1. The lowest BCUT2D eigenvalue weighted by Crippen LogP contribution is -2.24. The standard InChI is InChI=1S/C17H14F3N3O2/c18-17(19,20)13-7-4-8-14(9-13)22-15(24)10-16(25)23-21-11-12-5-2-1-3-6-12/h1-9,11H,10H2,(H,22,24)(H,23,25). The Morgan fingerprint density at radius 3 is 2.40 bits per heavy atom. The molecule has 2 aromatic rings. The highest BCUT2D eigenvalue weighted by molar-refractivity contribution is 6.03. The predicted molar refractivity (Wildman–Crippen MR) is 86.9 cm³/mol. The van der Waals surface area contributed by atoms with Crippen LogP contribution >= 0.6 is 0 Å². The molecular formula is C17H14F3N3O2. The molecule has 0 heterocycles. The molecule has 0 unspecified atom stereocenters. The number of halogens is 3. The van der Waals surface area contributed by atoms with E-state index in [0.717, 1.165) is 17.7 Å². The quantitative estimate of drug-likeness (QED) is 0.494. The van der Waals surface area contributed by atoms with E-state index in [9.17, 15) is 22.8 Å². The Bertz CT molecular complexity index is 774. The van der Waals surface area contributed by atoms with E-state index in [0.29, 0.717) is 0 Å². The van der Waals surface area contributed by atoms with Crippen molar-refractivity contribution in [2.24, 2.45) is 5.10 Å².